The third-order valence-corrected chi connectivity index (χ3v) is 11.3. The monoisotopic (exact) mass is 672 g/mol. The molecule has 0 bridgehead atoms. The maximum absolute atomic E-state index is 14.0. The van der Waals surface area contributed by atoms with Crippen LogP contribution >= 0.6 is 0 Å². The Labute approximate surface area is 278 Å². The van der Waals surface area contributed by atoms with Crippen molar-refractivity contribution in [2.75, 3.05) is 0 Å². The zero-order chi connectivity index (χ0) is 33.1. The van der Waals surface area contributed by atoms with E-state index in [2.05, 4.69) is 10.3 Å². The van der Waals surface area contributed by atoms with Crippen LogP contribution in [0.5, 0.6) is 0 Å². The topological polar surface area (TPSA) is 120 Å². The number of benzene rings is 5. The molecule has 2 aromatic heterocycles. The van der Waals surface area contributed by atoms with E-state index >= 15 is 0 Å². The van der Waals surface area contributed by atoms with E-state index in [9.17, 15) is 16.8 Å². The highest BCUT2D eigenvalue weighted by molar-refractivity contribution is 7.91. The van der Waals surface area contributed by atoms with Crippen LogP contribution in [0.15, 0.2) is 164 Å². The van der Waals surface area contributed by atoms with Crippen molar-refractivity contribution in [3.8, 4) is 45.2 Å². The van der Waals surface area contributed by atoms with Gasteiger partial charge < -0.3 is 9.05 Å². The summed E-state index contributed by atoms with van der Waals surface area (Å²) < 4.78 is 67.5. The van der Waals surface area contributed by atoms with Gasteiger partial charge in [-0.05, 0) is 11.1 Å². The van der Waals surface area contributed by atoms with Crippen LogP contribution in [0.1, 0.15) is 11.1 Å². The van der Waals surface area contributed by atoms with Crippen LogP contribution in [0.25, 0.3) is 45.2 Å². The number of hydrogen-bond donors (Lipinski definition) is 0. The van der Waals surface area contributed by atoms with Gasteiger partial charge in [-0.25, -0.2) is 16.8 Å². The summed E-state index contributed by atoms with van der Waals surface area (Å²) in [6, 6.07) is 42.4. The van der Waals surface area contributed by atoms with Gasteiger partial charge in [0.2, 0.25) is 0 Å². The van der Waals surface area contributed by atoms with E-state index in [1.165, 1.54) is 0 Å². The molecule has 0 amide bonds. The van der Waals surface area contributed by atoms with Crippen molar-refractivity contribution in [3.05, 3.63) is 157 Å². The van der Waals surface area contributed by atoms with E-state index in [0.717, 1.165) is 0 Å². The smallest absolute Gasteiger partial charge is 0.188 e. The molecular weight excluding hydrogens is 645 g/mol. The van der Waals surface area contributed by atoms with Crippen molar-refractivity contribution in [3.63, 3.8) is 0 Å². The lowest BCUT2D eigenvalue weighted by Crippen LogP contribution is -2.07. The van der Waals surface area contributed by atoms with Crippen LogP contribution in [0.4, 0.5) is 0 Å². The third-order valence-electron chi connectivity index (χ3n) is 7.82. The summed E-state index contributed by atoms with van der Waals surface area (Å²) in [6.45, 7) is 0. The van der Waals surface area contributed by atoms with Gasteiger partial charge in [0.05, 0.1) is 11.5 Å². The fraction of sp³-hybridized carbons (Fsp3) is 0.0526. The van der Waals surface area contributed by atoms with Gasteiger partial charge in [-0.2, -0.15) is 0 Å². The minimum Gasteiger partial charge on any atom is -0.354 e. The largest absolute Gasteiger partial charge is 0.354 e. The quantitative estimate of drug-likeness (QED) is 0.142. The first-order valence-corrected chi connectivity index (χ1v) is 18.3. The highest BCUT2D eigenvalue weighted by Gasteiger charge is 2.32. The second kappa shape index (κ2) is 12.9. The Kier molecular flexibility index (Phi) is 8.34. The van der Waals surface area contributed by atoms with E-state index in [4.69, 9.17) is 9.05 Å². The van der Waals surface area contributed by atoms with Crippen LogP contribution in [-0.2, 0) is 31.2 Å². The summed E-state index contributed by atoms with van der Waals surface area (Å²) in [4.78, 5) is -0.0510. The van der Waals surface area contributed by atoms with E-state index in [1.54, 1.807) is 121 Å². The fourth-order valence-electron chi connectivity index (χ4n) is 5.57. The number of hydrogen-bond acceptors (Lipinski definition) is 8. The molecule has 10 heteroatoms. The minimum atomic E-state index is -3.94. The highest BCUT2D eigenvalue weighted by Crippen LogP contribution is 2.41. The Morgan fingerprint density at radius 2 is 0.708 bits per heavy atom. The maximum Gasteiger partial charge on any atom is 0.188 e. The molecule has 0 saturated heterocycles. The molecule has 7 rings (SSSR count). The standard InChI is InChI=1S/C38H28N2O6S2/c41-47(42,25-27-13-5-1-6-14-27)37-33(29-17-9-3-10-18-29)39-45-35(37)31-21-23-32(24-22-31)36-38(34(40-46-36)30-19-11-4-12-20-30)48(43,44)26-28-15-7-2-8-16-28/h1-24H,25-26H2. The average molecular weight is 673 g/mol. The number of sulfone groups is 2. The minimum absolute atomic E-state index is 0.0255. The van der Waals surface area contributed by atoms with E-state index in [-0.39, 0.29) is 44.2 Å². The normalized spacial score (nSPS) is 11.8. The highest BCUT2D eigenvalue weighted by atomic mass is 32.2. The van der Waals surface area contributed by atoms with Crippen LogP contribution in [0.2, 0.25) is 0 Å². The van der Waals surface area contributed by atoms with Crippen molar-refractivity contribution in [2.24, 2.45) is 0 Å². The summed E-state index contributed by atoms with van der Waals surface area (Å²) >= 11 is 0. The molecule has 0 fully saturated rings. The van der Waals surface area contributed by atoms with Crippen LogP contribution in [0.3, 0.4) is 0 Å². The number of aromatic nitrogens is 2. The van der Waals surface area contributed by atoms with Gasteiger partial charge in [0.1, 0.15) is 21.2 Å². The summed E-state index contributed by atoms with van der Waals surface area (Å²) in [7, 11) is -7.87. The molecule has 0 N–H and O–H groups in total. The molecule has 0 aliphatic rings. The Balaban J connectivity index is 1.32. The molecule has 0 spiro atoms. The maximum atomic E-state index is 14.0. The first kappa shape index (κ1) is 31.0. The third kappa shape index (κ3) is 6.23. The van der Waals surface area contributed by atoms with Gasteiger partial charge in [-0.15, -0.1) is 0 Å². The average Bonchev–Trinajstić information content (AvgIpc) is 3.77. The Hall–Kier alpha value is -5.58. The van der Waals surface area contributed by atoms with Crippen molar-refractivity contribution >= 4 is 19.7 Å². The molecule has 8 nitrogen and oxygen atoms in total. The first-order valence-electron chi connectivity index (χ1n) is 15.0. The van der Waals surface area contributed by atoms with Crippen molar-refractivity contribution in [1.82, 2.24) is 10.3 Å². The van der Waals surface area contributed by atoms with Gasteiger partial charge in [0.25, 0.3) is 0 Å². The van der Waals surface area contributed by atoms with Gasteiger partial charge in [-0.3, -0.25) is 0 Å². The lowest BCUT2D eigenvalue weighted by Gasteiger charge is -2.09. The van der Waals surface area contributed by atoms with Gasteiger partial charge in [-0.1, -0.05) is 156 Å². The Morgan fingerprint density at radius 1 is 0.396 bits per heavy atom. The number of nitrogens with zero attached hydrogens (tertiary/aromatic N) is 2. The predicted molar refractivity (Wildman–Crippen MR) is 183 cm³/mol. The molecule has 0 radical (unpaired) electrons. The molecule has 2 heterocycles. The lowest BCUT2D eigenvalue weighted by atomic mass is 10.1. The van der Waals surface area contributed by atoms with Crippen molar-refractivity contribution in [2.45, 2.75) is 21.3 Å². The summed E-state index contributed by atoms with van der Waals surface area (Å²) in [5, 5.41) is 8.42. The molecule has 5 aromatic carbocycles. The van der Waals surface area contributed by atoms with Gasteiger partial charge in [0.15, 0.2) is 31.2 Å². The van der Waals surface area contributed by atoms with Crippen LogP contribution < -0.4 is 0 Å². The van der Waals surface area contributed by atoms with E-state index in [1.807, 2.05) is 24.3 Å². The molecule has 238 valence electrons. The molecule has 0 unspecified atom stereocenters. The predicted octanol–water partition coefficient (Wildman–Crippen LogP) is 8.28. The van der Waals surface area contributed by atoms with Gasteiger partial charge >= 0.3 is 0 Å². The molecule has 0 aliphatic heterocycles. The van der Waals surface area contributed by atoms with E-state index in [0.29, 0.717) is 33.4 Å². The first-order chi connectivity index (χ1) is 23.3. The Bertz CT molecular complexity index is 2220. The Morgan fingerprint density at radius 3 is 1.04 bits per heavy atom. The molecule has 48 heavy (non-hydrogen) atoms. The SMILES string of the molecule is O=S(=O)(Cc1ccccc1)c1c(-c2ccccc2)noc1-c1ccc(-c2onc(-c3ccccc3)c2S(=O)(=O)Cc2ccccc2)cc1. The second-order valence-electron chi connectivity index (χ2n) is 11.2. The molecule has 0 saturated carbocycles. The van der Waals surface area contributed by atoms with Crippen LogP contribution in [-0.4, -0.2) is 27.1 Å². The zero-order valence-corrected chi connectivity index (χ0v) is 27.1. The fourth-order valence-corrected chi connectivity index (χ4v) is 8.90. The zero-order valence-electron chi connectivity index (χ0n) is 25.4. The van der Waals surface area contributed by atoms with Crippen LogP contribution in [0, 0.1) is 0 Å². The molecular formula is C38H28N2O6S2. The summed E-state index contributed by atoms with van der Waals surface area (Å²) in [6.07, 6.45) is 0. The summed E-state index contributed by atoms with van der Waals surface area (Å²) in [5.74, 6) is -0.335. The van der Waals surface area contributed by atoms with Crippen molar-refractivity contribution < 1.29 is 25.9 Å². The number of rotatable bonds is 10. The molecule has 7 aromatic rings. The molecule has 0 atom stereocenters. The second-order valence-corrected chi connectivity index (χ2v) is 15.0. The lowest BCUT2D eigenvalue weighted by molar-refractivity contribution is 0.432. The van der Waals surface area contributed by atoms with Gasteiger partial charge in [0, 0.05) is 22.3 Å². The summed E-state index contributed by atoms with van der Waals surface area (Å²) in [5.41, 5.74) is 3.75. The van der Waals surface area contributed by atoms with E-state index < -0.39 is 19.7 Å². The molecule has 0 aliphatic carbocycles. The van der Waals surface area contributed by atoms with Crippen molar-refractivity contribution in [1.29, 1.82) is 0 Å².